The summed E-state index contributed by atoms with van der Waals surface area (Å²) in [6.45, 7) is 3.99. The van der Waals surface area contributed by atoms with Gasteiger partial charge in [-0.2, -0.15) is 17.0 Å². The Hall–Kier alpha value is -0.650. The summed E-state index contributed by atoms with van der Waals surface area (Å²) in [7, 11) is 0. The second kappa shape index (κ2) is 6.93. The number of halogens is 1. The average Bonchev–Trinajstić information content (AvgIpc) is 2.31. The largest absolute Gasteiger partial charge is 0.198 e. The Morgan fingerprint density at radius 2 is 1.94 bits per heavy atom. The fourth-order valence-corrected chi connectivity index (χ4v) is 2.49. The van der Waals surface area contributed by atoms with Crippen molar-refractivity contribution < 1.29 is 0 Å². The molecule has 0 atom stereocenters. The summed E-state index contributed by atoms with van der Waals surface area (Å²) in [4.78, 5) is 0. The van der Waals surface area contributed by atoms with E-state index in [2.05, 4.69) is 18.2 Å². The zero-order valence-corrected chi connectivity index (χ0v) is 11.9. The molecule has 17 heavy (non-hydrogen) atoms. The van der Waals surface area contributed by atoms with Gasteiger partial charge in [0.1, 0.15) is 0 Å². The van der Waals surface area contributed by atoms with Crippen molar-refractivity contribution in [3.05, 3.63) is 34.9 Å². The van der Waals surface area contributed by atoms with Gasteiger partial charge in [-0.1, -0.05) is 23.7 Å². The molecule has 0 unspecified atom stereocenters. The maximum absolute atomic E-state index is 8.89. The summed E-state index contributed by atoms with van der Waals surface area (Å²) < 4.78 is 0. The van der Waals surface area contributed by atoms with E-state index in [1.165, 1.54) is 5.56 Å². The molecule has 0 aromatic heterocycles. The van der Waals surface area contributed by atoms with E-state index in [-0.39, 0.29) is 5.41 Å². The number of thioether (sulfide) groups is 1. The molecule has 3 heteroatoms. The topological polar surface area (TPSA) is 23.8 Å². The molecule has 0 aliphatic heterocycles. The van der Waals surface area contributed by atoms with E-state index in [4.69, 9.17) is 16.9 Å². The Balaban J connectivity index is 2.17. The average molecular weight is 268 g/mol. The Bertz CT molecular complexity index is 378. The molecular weight excluding hydrogens is 250 g/mol. The molecule has 0 N–H and O–H groups in total. The normalized spacial score (nSPS) is 11.2. The molecule has 0 fully saturated rings. The lowest BCUT2D eigenvalue weighted by atomic mass is 9.90. The zero-order chi connectivity index (χ0) is 12.7. The molecule has 0 saturated heterocycles. The predicted molar refractivity (Wildman–Crippen MR) is 76.2 cm³/mol. The van der Waals surface area contributed by atoms with E-state index in [1.54, 1.807) is 0 Å². The molecular formula is C14H18ClNS. The minimum absolute atomic E-state index is 0.180. The van der Waals surface area contributed by atoms with E-state index in [1.807, 2.05) is 37.7 Å². The maximum atomic E-state index is 8.89. The van der Waals surface area contributed by atoms with Crippen molar-refractivity contribution in [2.45, 2.75) is 32.4 Å². The van der Waals surface area contributed by atoms with Crippen LogP contribution in [0.5, 0.6) is 0 Å². The first-order chi connectivity index (χ1) is 8.03. The maximum Gasteiger partial charge on any atom is 0.0683 e. The highest BCUT2D eigenvalue weighted by Gasteiger charge is 2.15. The molecule has 0 heterocycles. The van der Waals surface area contributed by atoms with Gasteiger partial charge in [0.2, 0.25) is 0 Å². The molecule has 1 aromatic carbocycles. The zero-order valence-electron chi connectivity index (χ0n) is 10.4. The number of hydrogen-bond donors (Lipinski definition) is 0. The highest BCUT2D eigenvalue weighted by molar-refractivity contribution is 7.98. The highest BCUT2D eigenvalue weighted by atomic mass is 35.5. The molecule has 1 rings (SSSR count). The van der Waals surface area contributed by atoms with E-state index in [0.717, 1.165) is 29.4 Å². The monoisotopic (exact) mass is 267 g/mol. The van der Waals surface area contributed by atoms with Crippen LogP contribution in [0.1, 0.15) is 32.3 Å². The minimum atomic E-state index is -0.180. The lowest BCUT2D eigenvalue weighted by Crippen LogP contribution is -2.07. The molecule has 0 aliphatic carbocycles. The van der Waals surface area contributed by atoms with Gasteiger partial charge in [-0.25, -0.2) is 0 Å². The van der Waals surface area contributed by atoms with Crippen LogP contribution in [-0.2, 0) is 5.75 Å². The minimum Gasteiger partial charge on any atom is -0.198 e. The summed E-state index contributed by atoms with van der Waals surface area (Å²) in [6, 6.07) is 10.3. The van der Waals surface area contributed by atoms with Crippen molar-refractivity contribution in [1.82, 2.24) is 0 Å². The van der Waals surface area contributed by atoms with Crippen molar-refractivity contribution >= 4 is 23.4 Å². The predicted octanol–water partition coefficient (Wildman–Crippen LogP) is 4.90. The quantitative estimate of drug-likeness (QED) is 0.684. The Labute approximate surface area is 113 Å². The van der Waals surface area contributed by atoms with Crippen molar-refractivity contribution in [1.29, 1.82) is 5.26 Å². The molecule has 0 aliphatic rings. The van der Waals surface area contributed by atoms with Crippen molar-refractivity contribution in [2.75, 3.05) is 5.75 Å². The van der Waals surface area contributed by atoms with Crippen LogP contribution >= 0.6 is 23.4 Å². The van der Waals surface area contributed by atoms with Gasteiger partial charge in [-0.15, -0.1) is 0 Å². The van der Waals surface area contributed by atoms with E-state index in [0.29, 0.717) is 0 Å². The summed E-state index contributed by atoms with van der Waals surface area (Å²) in [5.74, 6) is 2.12. The molecule has 0 radical (unpaired) electrons. The van der Waals surface area contributed by atoms with Gasteiger partial charge in [0.25, 0.3) is 0 Å². The van der Waals surface area contributed by atoms with Gasteiger partial charge in [0.05, 0.1) is 11.5 Å². The van der Waals surface area contributed by atoms with Crippen LogP contribution in [0.4, 0.5) is 0 Å². The van der Waals surface area contributed by atoms with Gasteiger partial charge in [0.15, 0.2) is 0 Å². The van der Waals surface area contributed by atoms with Crippen molar-refractivity contribution in [3.8, 4) is 6.07 Å². The Kier molecular flexibility index (Phi) is 5.88. The first kappa shape index (κ1) is 14.4. The standard InChI is InChI=1S/C14H18ClNS/c1-14(2,11-16)8-3-9-17-10-12-4-6-13(15)7-5-12/h4-7H,3,8-10H2,1-2H3. The second-order valence-corrected chi connectivity index (χ2v) is 6.32. The van der Waals surface area contributed by atoms with Gasteiger partial charge < -0.3 is 0 Å². The van der Waals surface area contributed by atoms with Crippen LogP contribution < -0.4 is 0 Å². The van der Waals surface area contributed by atoms with Gasteiger partial charge in [0, 0.05) is 10.8 Å². The van der Waals surface area contributed by atoms with Crippen molar-refractivity contribution in [3.63, 3.8) is 0 Å². The smallest absolute Gasteiger partial charge is 0.0683 e. The lowest BCUT2D eigenvalue weighted by molar-refractivity contribution is 0.448. The number of nitriles is 1. The number of nitrogens with zero attached hydrogens (tertiary/aromatic N) is 1. The number of benzene rings is 1. The van der Waals surface area contributed by atoms with Crippen molar-refractivity contribution in [2.24, 2.45) is 5.41 Å². The third kappa shape index (κ3) is 6.00. The van der Waals surface area contributed by atoms with Crippen LogP contribution in [0.3, 0.4) is 0 Å². The van der Waals surface area contributed by atoms with Crippen LogP contribution in [-0.4, -0.2) is 5.75 Å². The highest BCUT2D eigenvalue weighted by Crippen LogP contribution is 2.23. The lowest BCUT2D eigenvalue weighted by Gasteiger charge is -2.13. The molecule has 0 amide bonds. The summed E-state index contributed by atoms with van der Waals surface area (Å²) in [6.07, 6.45) is 2.07. The SMILES string of the molecule is CC(C)(C#N)CCCSCc1ccc(Cl)cc1. The second-order valence-electron chi connectivity index (χ2n) is 4.78. The molecule has 0 saturated carbocycles. The number of hydrogen-bond acceptors (Lipinski definition) is 2. The van der Waals surface area contributed by atoms with E-state index < -0.39 is 0 Å². The fourth-order valence-electron chi connectivity index (χ4n) is 1.44. The molecule has 1 nitrogen and oxygen atoms in total. The Morgan fingerprint density at radius 3 is 2.53 bits per heavy atom. The van der Waals surface area contributed by atoms with Crippen LogP contribution in [0.2, 0.25) is 5.02 Å². The third-order valence-corrected chi connectivity index (χ3v) is 3.94. The van der Waals surface area contributed by atoms with Crippen LogP contribution in [0, 0.1) is 16.7 Å². The molecule has 1 aromatic rings. The Morgan fingerprint density at radius 1 is 1.29 bits per heavy atom. The first-order valence-electron chi connectivity index (χ1n) is 5.77. The van der Waals surface area contributed by atoms with Crippen LogP contribution in [0.25, 0.3) is 0 Å². The first-order valence-corrected chi connectivity index (χ1v) is 7.30. The van der Waals surface area contributed by atoms with E-state index in [9.17, 15) is 0 Å². The summed E-state index contributed by atoms with van der Waals surface area (Å²) in [5.41, 5.74) is 1.12. The van der Waals surface area contributed by atoms with E-state index >= 15 is 0 Å². The fraction of sp³-hybridized carbons (Fsp3) is 0.500. The third-order valence-electron chi connectivity index (χ3n) is 2.58. The van der Waals surface area contributed by atoms with Crippen LogP contribution in [0.15, 0.2) is 24.3 Å². The summed E-state index contributed by atoms with van der Waals surface area (Å²) >= 11 is 7.74. The van der Waals surface area contributed by atoms with Gasteiger partial charge in [-0.05, 0) is 50.1 Å². The molecule has 0 spiro atoms. The summed E-state index contributed by atoms with van der Waals surface area (Å²) in [5, 5.41) is 9.67. The van der Waals surface area contributed by atoms with Gasteiger partial charge in [-0.3, -0.25) is 0 Å². The number of rotatable bonds is 6. The van der Waals surface area contributed by atoms with Gasteiger partial charge >= 0.3 is 0 Å². The molecule has 0 bridgehead atoms. The molecule has 92 valence electrons.